The Hall–Kier alpha value is -1.53. The van der Waals surface area contributed by atoms with Crippen molar-refractivity contribution in [1.82, 2.24) is 4.98 Å². The molecule has 0 aliphatic rings. The number of halogens is 4. The molecule has 0 aliphatic heterocycles. The number of nitrogens with zero attached hydrogens (tertiary/aromatic N) is 1. The van der Waals surface area contributed by atoms with Gasteiger partial charge in [0, 0.05) is 16.2 Å². The molecule has 0 saturated carbocycles. The number of carbonyl (C=O) groups is 1. The molecule has 1 aromatic heterocycles. The van der Waals surface area contributed by atoms with Crippen LogP contribution in [0.2, 0.25) is 5.15 Å². The summed E-state index contributed by atoms with van der Waals surface area (Å²) in [6, 6.07) is 4.41. The van der Waals surface area contributed by atoms with Crippen LogP contribution in [0.1, 0.15) is 10.4 Å². The van der Waals surface area contributed by atoms with E-state index in [0.717, 1.165) is 12.1 Å². The molecule has 1 amide bonds. The van der Waals surface area contributed by atoms with E-state index in [4.69, 9.17) is 11.6 Å². The summed E-state index contributed by atoms with van der Waals surface area (Å²) in [6.07, 6.45) is 1.47. The van der Waals surface area contributed by atoms with E-state index in [1.165, 1.54) is 12.3 Å². The number of amides is 1. The largest absolute Gasteiger partial charge is 0.319 e. The molecule has 1 aromatic carbocycles. The minimum Gasteiger partial charge on any atom is -0.319 e. The van der Waals surface area contributed by atoms with Gasteiger partial charge >= 0.3 is 0 Å². The highest BCUT2D eigenvalue weighted by Gasteiger charge is 2.12. The first kappa shape index (κ1) is 13.9. The molecule has 0 aliphatic carbocycles. The van der Waals surface area contributed by atoms with E-state index < -0.39 is 17.5 Å². The molecule has 3 nitrogen and oxygen atoms in total. The molecular formula is C12H6BrClF2N2O. The first-order valence-corrected chi connectivity index (χ1v) is 6.22. The van der Waals surface area contributed by atoms with Crippen LogP contribution in [-0.2, 0) is 0 Å². The van der Waals surface area contributed by atoms with Crippen LogP contribution >= 0.6 is 27.5 Å². The van der Waals surface area contributed by atoms with Crippen molar-refractivity contribution in [2.24, 2.45) is 0 Å². The average molecular weight is 348 g/mol. The molecule has 7 heteroatoms. The topological polar surface area (TPSA) is 42.0 Å². The highest BCUT2D eigenvalue weighted by Crippen LogP contribution is 2.23. The molecule has 2 aromatic rings. The lowest BCUT2D eigenvalue weighted by Gasteiger charge is -2.07. The maximum absolute atomic E-state index is 13.0. The molecule has 19 heavy (non-hydrogen) atoms. The monoisotopic (exact) mass is 346 g/mol. The van der Waals surface area contributed by atoms with Crippen molar-refractivity contribution in [2.75, 3.05) is 5.32 Å². The van der Waals surface area contributed by atoms with Crippen LogP contribution in [0.5, 0.6) is 0 Å². The Labute approximate surface area is 120 Å². The van der Waals surface area contributed by atoms with E-state index in [-0.39, 0.29) is 16.4 Å². The van der Waals surface area contributed by atoms with Gasteiger partial charge in [-0.2, -0.15) is 0 Å². The van der Waals surface area contributed by atoms with E-state index in [0.29, 0.717) is 4.47 Å². The van der Waals surface area contributed by atoms with Crippen molar-refractivity contribution in [3.05, 3.63) is 57.3 Å². The van der Waals surface area contributed by atoms with Gasteiger partial charge in [0.1, 0.15) is 0 Å². The Kier molecular flexibility index (Phi) is 4.11. The molecule has 0 radical (unpaired) electrons. The van der Waals surface area contributed by atoms with Crippen LogP contribution in [-0.4, -0.2) is 10.9 Å². The Balaban J connectivity index is 2.25. The second kappa shape index (κ2) is 5.63. The molecule has 98 valence electrons. The summed E-state index contributed by atoms with van der Waals surface area (Å²) in [5.41, 5.74) is 0.251. The quantitative estimate of drug-likeness (QED) is 0.834. The zero-order chi connectivity index (χ0) is 14.0. The fourth-order valence-electron chi connectivity index (χ4n) is 1.34. The summed E-state index contributed by atoms with van der Waals surface area (Å²) in [6.45, 7) is 0. The fourth-order valence-corrected chi connectivity index (χ4v) is 1.82. The summed E-state index contributed by atoms with van der Waals surface area (Å²) in [5, 5.41) is 2.56. The van der Waals surface area contributed by atoms with Crippen LogP contribution in [0.15, 0.2) is 34.9 Å². The van der Waals surface area contributed by atoms with Gasteiger partial charge in [0.15, 0.2) is 16.8 Å². The Morgan fingerprint density at radius 2 is 2.00 bits per heavy atom. The van der Waals surface area contributed by atoms with Gasteiger partial charge in [-0.05, 0) is 40.2 Å². The van der Waals surface area contributed by atoms with Crippen molar-refractivity contribution in [3.63, 3.8) is 0 Å². The predicted octanol–water partition coefficient (Wildman–Crippen LogP) is 4.03. The highest BCUT2D eigenvalue weighted by atomic mass is 79.9. The van der Waals surface area contributed by atoms with Crippen molar-refractivity contribution >= 4 is 39.1 Å². The second-order valence-electron chi connectivity index (χ2n) is 3.57. The average Bonchev–Trinajstić information content (AvgIpc) is 2.37. The minimum atomic E-state index is -1.09. The number of carbonyl (C=O) groups excluding carboxylic acids is 1. The Bertz CT molecular complexity index is 652. The van der Waals surface area contributed by atoms with E-state index >= 15 is 0 Å². The van der Waals surface area contributed by atoms with Crippen LogP contribution in [0.4, 0.5) is 14.5 Å². The molecule has 0 fully saturated rings. The third-order valence-electron chi connectivity index (χ3n) is 2.24. The van der Waals surface area contributed by atoms with Gasteiger partial charge in [-0.3, -0.25) is 4.79 Å². The summed E-state index contributed by atoms with van der Waals surface area (Å²) in [4.78, 5) is 15.7. The van der Waals surface area contributed by atoms with Gasteiger partial charge in [-0.15, -0.1) is 0 Å². The molecule has 1 N–H and O–H groups in total. The molecule has 0 atom stereocenters. The first-order valence-electron chi connectivity index (χ1n) is 5.05. The number of benzene rings is 1. The molecule has 0 saturated heterocycles. The van der Waals surface area contributed by atoms with Crippen LogP contribution in [0, 0.1) is 11.6 Å². The summed E-state index contributed by atoms with van der Waals surface area (Å²) < 4.78 is 26.4. The number of aromatic nitrogens is 1. The highest BCUT2D eigenvalue weighted by molar-refractivity contribution is 9.10. The van der Waals surface area contributed by atoms with Crippen molar-refractivity contribution in [1.29, 1.82) is 0 Å². The van der Waals surface area contributed by atoms with Gasteiger partial charge in [-0.1, -0.05) is 11.6 Å². The second-order valence-corrected chi connectivity index (χ2v) is 4.85. The van der Waals surface area contributed by atoms with Crippen LogP contribution in [0.25, 0.3) is 0 Å². The van der Waals surface area contributed by atoms with Gasteiger partial charge in [-0.25, -0.2) is 13.8 Å². The lowest BCUT2D eigenvalue weighted by atomic mass is 10.2. The molecule has 0 unspecified atom stereocenters. The predicted molar refractivity (Wildman–Crippen MR) is 71.3 cm³/mol. The third kappa shape index (κ3) is 3.27. The standard InChI is InChI=1S/C12H6BrClF2N2O/c13-7-4-10(11(14)17-5-7)18-12(19)6-1-2-8(15)9(16)3-6/h1-5H,(H,18,19). The molecule has 2 rings (SSSR count). The van der Waals surface area contributed by atoms with Gasteiger partial charge in [0.05, 0.1) is 5.69 Å². The van der Waals surface area contributed by atoms with E-state index in [2.05, 4.69) is 26.2 Å². The minimum absolute atomic E-state index is 0.0186. The fraction of sp³-hybridized carbons (Fsp3) is 0. The van der Waals surface area contributed by atoms with E-state index in [1.807, 2.05) is 0 Å². The zero-order valence-electron chi connectivity index (χ0n) is 9.25. The lowest BCUT2D eigenvalue weighted by molar-refractivity contribution is 0.102. The number of rotatable bonds is 2. The smallest absolute Gasteiger partial charge is 0.255 e. The molecule has 1 heterocycles. The number of pyridine rings is 1. The zero-order valence-corrected chi connectivity index (χ0v) is 11.6. The summed E-state index contributed by atoms with van der Waals surface area (Å²) in [5.74, 6) is -2.72. The first-order chi connectivity index (χ1) is 8.97. The summed E-state index contributed by atoms with van der Waals surface area (Å²) in [7, 11) is 0. The van der Waals surface area contributed by atoms with E-state index in [1.54, 1.807) is 6.07 Å². The summed E-state index contributed by atoms with van der Waals surface area (Å²) >= 11 is 8.99. The molecular weight excluding hydrogens is 341 g/mol. The molecule has 0 bridgehead atoms. The van der Waals surface area contributed by atoms with E-state index in [9.17, 15) is 13.6 Å². The maximum atomic E-state index is 13.0. The third-order valence-corrected chi connectivity index (χ3v) is 2.97. The van der Waals surface area contributed by atoms with Gasteiger partial charge in [0.2, 0.25) is 0 Å². The van der Waals surface area contributed by atoms with Crippen molar-refractivity contribution in [2.45, 2.75) is 0 Å². The Morgan fingerprint density at radius 1 is 1.26 bits per heavy atom. The van der Waals surface area contributed by atoms with Crippen LogP contribution < -0.4 is 5.32 Å². The van der Waals surface area contributed by atoms with Crippen molar-refractivity contribution in [3.8, 4) is 0 Å². The Morgan fingerprint density at radius 3 is 2.68 bits per heavy atom. The SMILES string of the molecule is O=C(Nc1cc(Br)cnc1Cl)c1ccc(F)c(F)c1. The number of hydrogen-bond donors (Lipinski definition) is 1. The van der Waals surface area contributed by atoms with Crippen molar-refractivity contribution < 1.29 is 13.6 Å². The normalized spacial score (nSPS) is 10.3. The van der Waals surface area contributed by atoms with Crippen LogP contribution in [0.3, 0.4) is 0 Å². The maximum Gasteiger partial charge on any atom is 0.255 e. The van der Waals surface area contributed by atoms with Gasteiger partial charge in [0.25, 0.3) is 5.91 Å². The molecule has 0 spiro atoms. The number of anilines is 1. The number of hydrogen-bond acceptors (Lipinski definition) is 2. The number of nitrogens with one attached hydrogen (secondary N) is 1. The van der Waals surface area contributed by atoms with Gasteiger partial charge < -0.3 is 5.32 Å². The lowest BCUT2D eigenvalue weighted by Crippen LogP contribution is -2.13.